The van der Waals surface area contributed by atoms with Gasteiger partial charge in [-0.2, -0.15) is 0 Å². The van der Waals surface area contributed by atoms with Crippen molar-refractivity contribution in [3.8, 4) is 11.5 Å². The number of hydrogen-bond acceptors (Lipinski definition) is 4. The van der Waals surface area contributed by atoms with Crippen LogP contribution in [0.15, 0.2) is 42.6 Å². The summed E-state index contributed by atoms with van der Waals surface area (Å²) in [6.07, 6.45) is 5.61. The van der Waals surface area contributed by atoms with Gasteiger partial charge in [-0.15, -0.1) is 0 Å². The smallest absolute Gasteiger partial charge is 0.161 e. The molecule has 1 saturated heterocycles. The van der Waals surface area contributed by atoms with Gasteiger partial charge in [0.05, 0.1) is 11.7 Å². The molecule has 0 saturated carbocycles. The third-order valence-corrected chi connectivity index (χ3v) is 4.64. The summed E-state index contributed by atoms with van der Waals surface area (Å²) < 4.78 is 11.3. The maximum absolute atomic E-state index is 5.71. The summed E-state index contributed by atoms with van der Waals surface area (Å²) >= 11 is 0. The third kappa shape index (κ3) is 3.17. The SMILES string of the molecule is c1ccc(C2CCCCN2Cc2ccc3c(c2)OCCO3)nc1. The van der Waals surface area contributed by atoms with Crippen LogP contribution in [0, 0.1) is 0 Å². The number of pyridine rings is 1. The lowest BCUT2D eigenvalue weighted by atomic mass is 9.98. The molecule has 0 N–H and O–H groups in total. The van der Waals surface area contributed by atoms with E-state index in [0.29, 0.717) is 19.3 Å². The third-order valence-electron chi connectivity index (χ3n) is 4.64. The van der Waals surface area contributed by atoms with Crippen LogP contribution in [0.2, 0.25) is 0 Å². The van der Waals surface area contributed by atoms with Crippen molar-refractivity contribution in [3.63, 3.8) is 0 Å². The maximum atomic E-state index is 5.71. The molecule has 2 aromatic rings. The van der Waals surface area contributed by atoms with Crippen molar-refractivity contribution < 1.29 is 9.47 Å². The molecular weight excluding hydrogens is 288 g/mol. The van der Waals surface area contributed by atoms with E-state index in [0.717, 1.165) is 24.6 Å². The molecule has 1 aromatic carbocycles. The molecular formula is C19H22N2O2. The van der Waals surface area contributed by atoms with Gasteiger partial charge in [-0.3, -0.25) is 9.88 Å². The first-order valence-corrected chi connectivity index (χ1v) is 8.44. The van der Waals surface area contributed by atoms with Crippen LogP contribution >= 0.6 is 0 Å². The van der Waals surface area contributed by atoms with Crippen molar-refractivity contribution in [2.75, 3.05) is 19.8 Å². The maximum Gasteiger partial charge on any atom is 0.161 e. The molecule has 1 unspecified atom stereocenters. The van der Waals surface area contributed by atoms with Gasteiger partial charge >= 0.3 is 0 Å². The number of rotatable bonds is 3. The zero-order valence-electron chi connectivity index (χ0n) is 13.3. The molecule has 0 radical (unpaired) electrons. The van der Waals surface area contributed by atoms with Crippen molar-refractivity contribution in [2.45, 2.75) is 31.8 Å². The number of fused-ring (bicyclic) bond motifs is 1. The number of ether oxygens (including phenoxy) is 2. The summed E-state index contributed by atoms with van der Waals surface area (Å²) in [5, 5.41) is 0. The number of benzene rings is 1. The number of likely N-dealkylation sites (tertiary alicyclic amines) is 1. The van der Waals surface area contributed by atoms with E-state index in [2.05, 4.69) is 34.1 Å². The van der Waals surface area contributed by atoms with Crippen molar-refractivity contribution in [3.05, 3.63) is 53.9 Å². The van der Waals surface area contributed by atoms with E-state index in [-0.39, 0.29) is 0 Å². The first-order chi connectivity index (χ1) is 11.4. The molecule has 4 rings (SSSR count). The van der Waals surface area contributed by atoms with Crippen molar-refractivity contribution >= 4 is 0 Å². The summed E-state index contributed by atoms with van der Waals surface area (Å²) in [5.41, 5.74) is 2.46. The van der Waals surface area contributed by atoms with Crippen LogP contribution < -0.4 is 9.47 Å². The number of piperidine rings is 1. The number of hydrogen-bond donors (Lipinski definition) is 0. The predicted octanol–water partition coefficient (Wildman–Crippen LogP) is 3.58. The standard InChI is InChI=1S/C19H22N2O2/c1-3-9-20-16(5-1)17-6-2-4-10-21(17)14-15-7-8-18-19(13-15)23-12-11-22-18/h1,3,5,7-9,13,17H,2,4,6,10-12,14H2. The molecule has 2 aliphatic rings. The Kier molecular flexibility index (Phi) is 4.16. The molecule has 1 aromatic heterocycles. The highest BCUT2D eigenvalue weighted by Crippen LogP contribution is 2.34. The highest BCUT2D eigenvalue weighted by atomic mass is 16.6. The molecule has 0 aliphatic carbocycles. The fourth-order valence-electron chi connectivity index (χ4n) is 3.51. The lowest BCUT2D eigenvalue weighted by Gasteiger charge is -2.35. The van der Waals surface area contributed by atoms with Crippen LogP contribution in [0.5, 0.6) is 11.5 Å². The minimum absolute atomic E-state index is 0.415. The Labute approximate surface area is 137 Å². The van der Waals surface area contributed by atoms with Crippen LogP contribution in [-0.4, -0.2) is 29.6 Å². The second-order valence-electron chi connectivity index (χ2n) is 6.21. The minimum Gasteiger partial charge on any atom is -0.486 e. The quantitative estimate of drug-likeness (QED) is 0.868. The summed E-state index contributed by atoms with van der Waals surface area (Å²) in [4.78, 5) is 7.12. The molecule has 2 aliphatic heterocycles. The van der Waals surface area contributed by atoms with E-state index >= 15 is 0 Å². The molecule has 1 atom stereocenters. The minimum atomic E-state index is 0.415. The van der Waals surface area contributed by atoms with E-state index in [1.165, 1.54) is 30.5 Å². The molecule has 0 spiro atoms. The average molecular weight is 310 g/mol. The van der Waals surface area contributed by atoms with Crippen molar-refractivity contribution in [2.24, 2.45) is 0 Å². The summed E-state index contributed by atoms with van der Waals surface area (Å²) in [6, 6.07) is 12.9. The fourth-order valence-corrected chi connectivity index (χ4v) is 3.51. The molecule has 23 heavy (non-hydrogen) atoms. The van der Waals surface area contributed by atoms with Gasteiger partial charge in [0.25, 0.3) is 0 Å². The first-order valence-electron chi connectivity index (χ1n) is 8.44. The van der Waals surface area contributed by atoms with Gasteiger partial charge < -0.3 is 9.47 Å². The van der Waals surface area contributed by atoms with E-state index < -0.39 is 0 Å². The molecule has 3 heterocycles. The molecule has 4 nitrogen and oxygen atoms in total. The van der Waals surface area contributed by atoms with E-state index in [1.54, 1.807) is 0 Å². The topological polar surface area (TPSA) is 34.6 Å². The van der Waals surface area contributed by atoms with Crippen molar-refractivity contribution in [1.82, 2.24) is 9.88 Å². The Balaban J connectivity index is 1.54. The summed E-state index contributed by atoms with van der Waals surface area (Å²) in [6.45, 7) is 3.32. The normalized spacial score (nSPS) is 21.1. The molecule has 4 heteroatoms. The Bertz CT molecular complexity index is 660. The molecule has 0 bridgehead atoms. The van der Waals surface area contributed by atoms with Gasteiger partial charge in [0, 0.05) is 12.7 Å². The van der Waals surface area contributed by atoms with Gasteiger partial charge in [0.1, 0.15) is 13.2 Å². The van der Waals surface area contributed by atoms with Crippen LogP contribution in [0.4, 0.5) is 0 Å². The fraction of sp³-hybridized carbons (Fsp3) is 0.421. The van der Waals surface area contributed by atoms with E-state index in [4.69, 9.17) is 9.47 Å². The Hall–Kier alpha value is -2.07. The second-order valence-corrected chi connectivity index (χ2v) is 6.21. The lowest BCUT2D eigenvalue weighted by Crippen LogP contribution is -2.33. The Morgan fingerprint density at radius 2 is 1.96 bits per heavy atom. The van der Waals surface area contributed by atoms with E-state index in [1.807, 2.05) is 18.3 Å². The van der Waals surface area contributed by atoms with Gasteiger partial charge in [-0.25, -0.2) is 0 Å². The predicted molar refractivity (Wildman–Crippen MR) is 88.7 cm³/mol. The highest BCUT2D eigenvalue weighted by Gasteiger charge is 2.25. The zero-order chi connectivity index (χ0) is 15.5. The van der Waals surface area contributed by atoms with Gasteiger partial charge in [0.2, 0.25) is 0 Å². The molecule has 120 valence electrons. The Morgan fingerprint density at radius 3 is 2.83 bits per heavy atom. The second kappa shape index (κ2) is 6.59. The molecule has 0 amide bonds. The number of nitrogens with zero attached hydrogens (tertiary/aromatic N) is 2. The lowest BCUT2D eigenvalue weighted by molar-refractivity contribution is 0.136. The molecule has 1 fully saturated rings. The van der Waals surface area contributed by atoms with Gasteiger partial charge in [0.15, 0.2) is 11.5 Å². The van der Waals surface area contributed by atoms with Crippen molar-refractivity contribution in [1.29, 1.82) is 0 Å². The van der Waals surface area contributed by atoms with Crippen LogP contribution in [0.25, 0.3) is 0 Å². The van der Waals surface area contributed by atoms with Crippen LogP contribution in [0.3, 0.4) is 0 Å². The van der Waals surface area contributed by atoms with Crippen LogP contribution in [0.1, 0.15) is 36.6 Å². The van der Waals surface area contributed by atoms with E-state index in [9.17, 15) is 0 Å². The first kappa shape index (κ1) is 14.5. The summed E-state index contributed by atoms with van der Waals surface area (Å²) in [7, 11) is 0. The van der Waals surface area contributed by atoms with Gasteiger partial charge in [-0.1, -0.05) is 18.6 Å². The van der Waals surface area contributed by atoms with Gasteiger partial charge in [-0.05, 0) is 49.2 Å². The Morgan fingerprint density at radius 1 is 1.04 bits per heavy atom. The average Bonchev–Trinajstić information content (AvgIpc) is 2.63. The van der Waals surface area contributed by atoms with Crippen LogP contribution in [-0.2, 0) is 6.54 Å². The zero-order valence-corrected chi connectivity index (χ0v) is 13.3. The highest BCUT2D eigenvalue weighted by molar-refractivity contribution is 5.43. The number of aromatic nitrogens is 1. The largest absolute Gasteiger partial charge is 0.486 e. The monoisotopic (exact) mass is 310 g/mol. The summed E-state index contributed by atoms with van der Waals surface area (Å²) in [5.74, 6) is 1.74.